The maximum Gasteiger partial charge on any atom is 0.317 e. The molecule has 0 bridgehead atoms. The molecule has 122 valence electrons. The van der Waals surface area contributed by atoms with Gasteiger partial charge < -0.3 is 15.0 Å². The van der Waals surface area contributed by atoms with E-state index in [1.165, 1.54) is 19.3 Å². The van der Waals surface area contributed by atoms with Crippen molar-refractivity contribution in [1.29, 1.82) is 0 Å². The number of aromatic nitrogens is 1. The van der Waals surface area contributed by atoms with E-state index < -0.39 is 0 Å². The fourth-order valence-electron chi connectivity index (χ4n) is 3.09. The Morgan fingerprint density at radius 3 is 3.05 bits per heavy atom. The number of nitrogens with zero attached hydrogens (tertiary/aromatic N) is 2. The minimum absolute atomic E-state index is 0.0147. The number of hydrogen-bond acceptors (Lipinski definition) is 4. The van der Waals surface area contributed by atoms with Gasteiger partial charge in [-0.1, -0.05) is 26.2 Å². The molecule has 1 N–H and O–H groups in total. The van der Waals surface area contributed by atoms with Crippen molar-refractivity contribution in [2.45, 2.75) is 39.2 Å². The van der Waals surface area contributed by atoms with Crippen LogP contribution in [0.3, 0.4) is 0 Å². The summed E-state index contributed by atoms with van der Waals surface area (Å²) in [5.41, 5.74) is 0.955. The Kier molecular flexibility index (Phi) is 5.31. The van der Waals surface area contributed by atoms with Gasteiger partial charge in [-0.25, -0.2) is 9.78 Å². The average Bonchev–Trinajstić information content (AvgIpc) is 2.81. The number of rotatable bonds is 4. The first-order valence-corrected chi connectivity index (χ1v) is 9.18. The molecule has 0 spiro atoms. The van der Waals surface area contributed by atoms with Gasteiger partial charge in [-0.05, 0) is 12.3 Å². The summed E-state index contributed by atoms with van der Waals surface area (Å²) in [5.74, 6) is 1.26. The molecular formula is C16H25N3O2S. The standard InChI is InChI=1S/C16H25N3O2S/c1-2-15-18-14(11-22-15)8-17-16(20)19-6-7-21-10-13(9-19)12-4-3-5-12/h11-13H,2-10H2,1H3,(H,17,20). The highest BCUT2D eigenvalue weighted by atomic mass is 32.1. The van der Waals surface area contributed by atoms with Crippen molar-refractivity contribution < 1.29 is 9.53 Å². The molecule has 0 radical (unpaired) electrons. The summed E-state index contributed by atoms with van der Waals surface area (Å²) in [7, 11) is 0. The molecule has 0 aromatic carbocycles. The monoisotopic (exact) mass is 323 g/mol. The molecule has 2 aliphatic rings. The molecule has 6 heteroatoms. The highest BCUT2D eigenvalue weighted by Gasteiger charge is 2.31. The Labute approximate surface area is 136 Å². The number of hydrogen-bond donors (Lipinski definition) is 1. The molecule has 5 nitrogen and oxygen atoms in total. The minimum atomic E-state index is 0.0147. The van der Waals surface area contributed by atoms with Gasteiger partial charge in [0.2, 0.25) is 0 Å². The third kappa shape index (κ3) is 3.79. The molecule has 1 saturated heterocycles. The van der Waals surface area contributed by atoms with Gasteiger partial charge in [0, 0.05) is 24.4 Å². The van der Waals surface area contributed by atoms with Crippen LogP contribution in [0.1, 0.15) is 36.9 Å². The number of amides is 2. The first kappa shape index (κ1) is 15.7. The zero-order chi connectivity index (χ0) is 15.4. The Bertz CT molecular complexity index is 501. The van der Waals surface area contributed by atoms with E-state index in [2.05, 4.69) is 17.2 Å². The SMILES string of the molecule is CCc1nc(CNC(=O)N2CCOCC(C3CCC3)C2)cs1. The topological polar surface area (TPSA) is 54.5 Å². The molecule has 2 amide bonds. The van der Waals surface area contributed by atoms with E-state index >= 15 is 0 Å². The minimum Gasteiger partial charge on any atom is -0.379 e. The molecule has 22 heavy (non-hydrogen) atoms. The van der Waals surface area contributed by atoms with Crippen LogP contribution < -0.4 is 5.32 Å². The van der Waals surface area contributed by atoms with Crippen LogP contribution in [0, 0.1) is 11.8 Å². The maximum absolute atomic E-state index is 12.4. The molecule has 2 heterocycles. The van der Waals surface area contributed by atoms with Gasteiger partial charge in [-0.2, -0.15) is 0 Å². The second-order valence-electron chi connectivity index (χ2n) is 6.22. The summed E-state index contributed by atoms with van der Waals surface area (Å²) >= 11 is 1.66. The van der Waals surface area contributed by atoms with Crippen molar-refractivity contribution >= 4 is 17.4 Å². The van der Waals surface area contributed by atoms with Crippen molar-refractivity contribution in [1.82, 2.24) is 15.2 Å². The van der Waals surface area contributed by atoms with Crippen LogP contribution in [0.2, 0.25) is 0 Å². The van der Waals surface area contributed by atoms with E-state index in [-0.39, 0.29) is 6.03 Å². The molecule has 1 aliphatic carbocycles. The summed E-state index contributed by atoms with van der Waals surface area (Å²) in [6.07, 6.45) is 4.87. The maximum atomic E-state index is 12.4. The third-order valence-corrected chi connectivity index (χ3v) is 5.76. The number of ether oxygens (including phenoxy) is 1. The van der Waals surface area contributed by atoms with Gasteiger partial charge >= 0.3 is 6.03 Å². The highest BCUT2D eigenvalue weighted by molar-refractivity contribution is 7.09. The van der Waals surface area contributed by atoms with E-state index in [1.807, 2.05) is 10.3 Å². The van der Waals surface area contributed by atoms with Crippen LogP contribution in [0.15, 0.2) is 5.38 Å². The Morgan fingerprint density at radius 1 is 1.50 bits per heavy atom. The molecule has 1 aromatic heterocycles. The van der Waals surface area contributed by atoms with Crippen molar-refractivity contribution in [3.8, 4) is 0 Å². The lowest BCUT2D eigenvalue weighted by Crippen LogP contribution is -2.44. The predicted octanol–water partition coefficient (Wildman–Crippen LogP) is 2.66. The first-order valence-electron chi connectivity index (χ1n) is 8.30. The summed E-state index contributed by atoms with van der Waals surface area (Å²) in [5, 5.41) is 6.16. The molecule has 1 saturated carbocycles. The summed E-state index contributed by atoms with van der Waals surface area (Å²) in [4.78, 5) is 18.8. The first-order chi connectivity index (χ1) is 10.8. The smallest absolute Gasteiger partial charge is 0.317 e. The van der Waals surface area contributed by atoms with E-state index in [1.54, 1.807) is 11.3 Å². The van der Waals surface area contributed by atoms with E-state index in [4.69, 9.17) is 4.74 Å². The number of nitrogens with one attached hydrogen (secondary N) is 1. The van der Waals surface area contributed by atoms with Gasteiger partial charge in [0.25, 0.3) is 0 Å². The number of aryl methyl sites for hydroxylation is 1. The van der Waals surface area contributed by atoms with Gasteiger partial charge in [-0.15, -0.1) is 11.3 Å². The lowest BCUT2D eigenvalue weighted by Gasteiger charge is -2.34. The van der Waals surface area contributed by atoms with Crippen molar-refractivity contribution in [2.75, 3.05) is 26.3 Å². The molecule has 2 fully saturated rings. The third-order valence-electron chi connectivity index (χ3n) is 4.72. The summed E-state index contributed by atoms with van der Waals surface area (Å²) < 4.78 is 5.69. The zero-order valence-corrected chi connectivity index (χ0v) is 14.0. The second kappa shape index (κ2) is 7.42. The van der Waals surface area contributed by atoms with E-state index in [9.17, 15) is 4.79 Å². The van der Waals surface area contributed by atoms with Gasteiger partial charge in [0.05, 0.1) is 30.5 Å². The quantitative estimate of drug-likeness (QED) is 0.927. The predicted molar refractivity (Wildman–Crippen MR) is 87.0 cm³/mol. The van der Waals surface area contributed by atoms with E-state index in [0.717, 1.165) is 36.2 Å². The number of carbonyl (C=O) groups excluding carboxylic acids is 1. The van der Waals surface area contributed by atoms with E-state index in [0.29, 0.717) is 25.6 Å². The molecule has 1 aromatic rings. The molecular weight excluding hydrogens is 298 g/mol. The average molecular weight is 323 g/mol. The number of thiazole rings is 1. The van der Waals surface area contributed by atoms with Gasteiger partial charge in [0.15, 0.2) is 0 Å². The molecule has 1 aliphatic heterocycles. The van der Waals surface area contributed by atoms with Crippen molar-refractivity contribution in [3.05, 3.63) is 16.1 Å². The Balaban J connectivity index is 1.51. The van der Waals surface area contributed by atoms with Crippen molar-refractivity contribution in [2.24, 2.45) is 11.8 Å². The molecule has 3 rings (SSSR count). The number of carbonyl (C=O) groups is 1. The Hall–Kier alpha value is -1.14. The largest absolute Gasteiger partial charge is 0.379 e. The van der Waals surface area contributed by atoms with Gasteiger partial charge in [0.1, 0.15) is 0 Å². The molecule has 1 unspecified atom stereocenters. The second-order valence-corrected chi connectivity index (χ2v) is 7.16. The van der Waals surface area contributed by atoms with Crippen LogP contribution >= 0.6 is 11.3 Å². The fourth-order valence-corrected chi connectivity index (χ4v) is 3.83. The molecule has 1 atom stereocenters. The van der Waals surface area contributed by atoms with Crippen LogP contribution in [-0.4, -0.2) is 42.2 Å². The number of urea groups is 1. The van der Waals surface area contributed by atoms with Crippen LogP contribution in [-0.2, 0) is 17.7 Å². The van der Waals surface area contributed by atoms with Crippen molar-refractivity contribution in [3.63, 3.8) is 0 Å². The fraction of sp³-hybridized carbons (Fsp3) is 0.750. The lowest BCUT2D eigenvalue weighted by atomic mass is 9.76. The van der Waals surface area contributed by atoms with Crippen LogP contribution in [0.5, 0.6) is 0 Å². The summed E-state index contributed by atoms with van der Waals surface area (Å²) in [6, 6.07) is 0.0147. The normalized spacial score (nSPS) is 23.0. The van der Waals surface area contributed by atoms with Gasteiger partial charge in [-0.3, -0.25) is 0 Å². The lowest BCUT2D eigenvalue weighted by molar-refractivity contribution is 0.0775. The zero-order valence-electron chi connectivity index (χ0n) is 13.2. The van der Waals surface area contributed by atoms with Crippen LogP contribution in [0.4, 0.5) is 4.79 Å². The Morgan fingerprint density at radius 2 is 2.36 bits per heavy atom. The summed E-state index contributed by atoms with van der Waals surface area (Å²) in [6.45, 7) is 5.58. The highest BCUT2D eigenvalue weighted by Crippen LogP contribution is 2.34. The van der Waals surface area contributed by atoms with Crippen LogP contribution in [0.25, 0.3) is 0 Å².